The number of esters is 2. The number of allylic oxidation sites excluding steroid dienone is 2. The number of hydrogen-bond acceptors (Lipinski definition) is 8. The van der Waals surface area contributed by atoms with Crippen LogP contribution in [0.25, 0.3) is 0 Å². The number of likely N-dealkylation sites (N-methyl/N-ethyl adjacent to an activating group) is 1. The maximum atomic E-state index is 12.2. The molecule has 0 fully saturated rings. The van der Waals surface area contributed by atoms with Gasteiger partial charge >= 0.3 is 11.9 Å². The van der Waals surface area contributed by atoms with Gasteiger partial charge in [-0.25, -0.2) is 0 Å². The second-order valence-electron chi connectivity index (χ2n) is 10.1. The lowest BCUT2D eigenvalue weighted by Crippen LogP contribution is -2.37. The van der Waals surface area contributed by atoms with Crippen LogP contribution in [0.2, 0.25) is 0 Å². The molecule has 0 heterocycles. The molecule has 0 aromatic carbocycles. The average Bonchev–Trinajstić information content (AvgIpc) is 2.77. The molecule has 0 rings (SSSR count). The number of ether oxygens (including phenoxy) is 2. The van der Waals surface area contributed by atoms with Gasteiger partial charge in [0, 0.05) is 13.3 Å². The van der Waals surface area contributed by atoms with Crippen molar-refractivity contribution in [3.63, 3.8) is 0 Å². The van der Waals surface area contributed by atoms with E-state index in [2.05, 4.69) is 19.1 Å². The van der Waals surface area contributed by atoms with Crippen molar-refractivity contribution in [1.29, 1.82) is 0 Å². The monoisotopic (exact) mass is 535 g/mol. The summed E-state index contributed by atoms with van der Waals surface area (Å²) in [4.78, 5) is 35.3. The Kier molecular flexibility index (Phi) is 20.0. The Balaban J connectivity index is 4.14. The van der Waals surface area contributed by atoms with Gasteiger partial charge in [0.1, 0.15) is 19.8 Å². The molecule has 0 spiro atoms. The van der Waals surface area contributed by atoms with E-state index in [0.717, 1.165) is 32.1 Å². The van der Waals surface area contributed by atoms with Crippen LogP contribution in [-0.4, -0.2) is 70.0 Å². The van der Waals surface area contributed by atoms with Crippen LogP contribution in [0.5, 0.6) is 0 Å². The number of unbranched alkanes of at least 4 members (excludes halogenated alkanes) is 9. The summed E-state index contributed by atoms with van der Waals surface area (Å²) in [7, 11) is 1.15. The number of phosphoric acid groups is 1. The van der Waals surface area contributed by atoms with E-state index in [4.69, 9.17) is 18.5 Å². The molecule has 10 heteroatoms. The van der Waals surface area contributed by atoms with E-state index in [0.29, 0.717) is 17.4 Å². The second kappa shape index (κ2) is 20.8. The first-order valence-electron chi connectivity index (χ1n) is 13.3. The van der Waals surface area contributed by atoms with E-state index < -0.39 is 32.5 Å². The Bertz CT molecular complexity index is 663. The number of hydrogen-bond donors (Lipinski definition) is 0. The van der Waals surface area contributed by atoms with Crippen molar-refractivity contribution in [1.82, 2.24) is 0 Å². The molecular formula is C26H50NO8P. The van der Waals surface area contributed by atoms with Gasteiger partial charge in [-0.3, -0.25) is 14.2 Å². The lowest BCUT2D eigenvalue weighted by Gasteiger charge is -2.28. The highest BCUT2D eigenvalue weighted by Gasteiger charge is 2.21. The predicted molar refractivity (Wildman–Crippen MR) is 139 cm³/mol. The van der Waals surface area contributed by atoms with E-state index in [1.165, 1.54) is 39.0 Å². The molecular weight excluding hydrogens is 485 g/mol. The van der Waals surface area contributed by atoms with Crippen LogP contribution < -0.4 is 4.89 Å². The zero-order chi connectivity index (χ0) is 27.3. The summed E-state index contributed by atoms with van der Waals surface area (Å²) in [5, 5.41) is 0. The zero-order valence-electron chi connectivity index (χ0n) is 23.2. The summed E-state index contributed by atoms with van der Waals surface area (Å²) in [6.45, 7) is 3.11. The van der Waals surface area contributed by atoms with Gasteiger partial charge in [0.25, 0.3) is 7.82 Å². The molecule has 0 aliphatic carbocycles. The Morgan fingerprint density at radius 2 is 1.47 bits per heavy atom. The van der Waals surface area contributed by atoms with Gasteiger partial charge < -0.3 is 27.9 Å². The fraction of sp³-hybridized carbons (Fsp3) is 0.846. The highest BCUT2D eigenvalue weighted by Crippen LogP contribution is 2.38. The third-order valence-electron chi connectivity index (χ3n) is 5.34. The minimum absolute atomic E-state index is 0.0337. The zero-order valence-corrected chi connectivity index (χ0v) is 24.1. The minimum atomic E-state index is -4.57. The van der Waals surface area contributed by atoms with Gasteiger partial charge in [-0.05, 0) is 32.1 Å². The van der Waals surface area contributed by atoms with Crippen LogP contribution >= 0.6 is 7.82 Å². The quantitative estimate of drug-likeness (QED) is 0.0596. The summed E-state index contributed by atoms with van der Waals surface area (Å²) in [5.74, 6) is -1.04. The van der Waals surface area contributed by atoms with Gasteiger partial charge in [0.2, 0.25) is 0 Å². The molecule has 0 aliphatic heterocycles. The van der Waals surface area contributed by atoms with E-state index in [1.54, 1.807) is 0 Å². The van der Waals surface area contributed by atoms with Crippen molar-refractivity contribution in [2.75, 3.05) is 47.5 Å². The number of carbonyl (C=O) groups is 2. The second-order valence-corrected chi connectivity index (χ2v) is 11.5. The molecule has 0 N–H and O–H groups in total. The van der Waals surface area contributed by atoms with Gasteiger partial charge in [-0.15, -0.1) is 0 Å². The van der Waals surface area contributed by atoms with Crippen molar-refractivity contribution >= 4 is 19.8 Å². The molecule has 0 saturated heterocycles. The van der Waals surface area contributed by atoms with Gasteiger partial charge in [-0.2, -0.15) is 0 Å². The summed E-state index contributed by atoms with van der Waals surface area (Å²) < 4.78 is 32.4. The van der Waals surface area contributed by atoms with Crippen LogP contribution in [0.3, 0.4) is 0 Å². The number of rotatable bonds is 23. The standard InChI is InChI=1S/C26H50NO8P/c1-6-7-8-9-10-11-12-13-14-15-16-17-18-19-26(29)35-25(22-32-24(2)28)23-34-36(30,31)33-21-20-27(3,4)5/h11-12,25H,6-10,13-23H2,1-5H3/b12-11-. The largest absolute Gasteiger partial charge is 0.756 e. The highest BCUT2D eigenvalue weighted by molar-refractivity contribution is 7.45. The molecule has 0 amide bonds. The highest BCUT2D eigenvalue weighted by atomic mass is 31.2. The fourth-order valence-electron chi connectivity index (χ4n) is 3.20. The molecule has 0 saturated carbocycles. The first kappa shape index (κ1) is 34.8. The summed E-state index contributed by atoms with van der Waals surface area (Å²) in [6.07, 6.45) is 16.1. The van der Waals surface area contributed by atoms with Crippen molar-refractivity contribution < 1.29 is 42.1 Å². The Hall–Kier alpha value is -1.25. The molecule has 2 unspecified atom stereocenters. The summed E-state index contributed by atoms with van der Waals surface area (Å²) in [6, 6.07) is 0. The lowest BCUT2D eigenvalue weighted by atomic mass is 10.1. The number of phosphoric ester groups is 1. The smallest absolute Gasteiger partial charge is 0.306 e. The fourth-order valence-corrected chi connectivity index (χ4v) is 3.92. The minimum Gasteiger partial charge on any atom is -0.756 e. The van der Waals surface area contributed by atoms with E-state index in [1.807, 2.05) is 21.1 Å². The average molecular weight is 536 g/mol. The van der Waals surface area contributed by atoms with Crippen LogP contribution in [-0.2, 0) is 32.7 Å². The van der Waals surface area contributed by atoms with Crippen molar-refractivity contribution in [3.05, 3.63) is 12.2 Å². The van der Waals surface area contributed by atoms with Crippen molar-refractivity contribution in [3.8, 4) is 0 Å². The topological polar surface area (TPSA) is 111 Å². The van der Waals surface area contributed by atoms with E-state index >= 15 is 0 Å². The Morgan fingerprint density at radius 1 is 0.889 bits per heavy atom. The Morgan fingerprint density at radius 3 is 2.06 bits per heavy atom. The SMILES string of the molecule is CCCCCC/C=C\CCCCCCCC(=O)OC(COC(C)=O)COP(=O)([O-])OCC[N+](C)(C)C. The normalized spacial score (nSPS) is 14.5. The number of nitrogens with zero attached hydrogens (tertiary/aromatic N) is 1. The van der Waals surface area contributed by atoms with E-state index in [-0.39, 0.29) is 19.6 Å². The van der Waals surface area contributed by atoms with Crippen LogP contribution in [0, 0.1) is 0 Å². The van der Waals surface area contributed by atoms with E-state index in [9.17, 15) is 19.0 Å². The molecule has 0 aliphatic rings. The first-order chi connectivity index (χ1) is 16.9. The summed E-state index contributed by atoms with van der Waals surface area (Å²) in [5.41, 5.74) is 0. The molecule has 0 radical (unpaired) electrons. The van der Waals surface area contributed by atoms with Crippen LogP contribution in [0.1, 0.15) is 90.9 Å². The molecule has 36 heavy (non-hydrogen) atoms. The molecule has 0 bridgehead atoms. The molecule has 0 aromatic heterocycles. The molecule has 212 valence electrons. The van der Waals surface area contributed by atoms with Crippen LogP contribution in [0.15, 0.2) is 12.2 Å². The van der Waals surface area contributed by atoms with Crippen molar-refractivity contribution in [2.45, 2.75) is 97.0 Å². The molecule has 0 aromatic rings. The number of quaternary nitrogens is 1. The maximum Gasteiger partial charge on any atom is 0.306 e. The number of carbonyl (C=O) groups excluding carboxylic acids is 2. The van der Waals surface area contributed by atoms with Gasteiger partial charge in [0.15, 0.2) is 6.10 Å². The van der Waals surface area contributed by atoms with Gasteiger partial charge in [-0.1, -0.05) is 57.6 Å². The third kappa shape index (κ3) is 24.4. The van der Waals surface area contributed by atoms with Gasteiger partial charge in [0.05, 0.1) is 27.7 Å². The van der Waals surface area contributed by atoms with Crippen LogP contribution in [0.4, 0.5) is 0 Å². The first-order valence-corrected chi connectivity index (χ1v) is 14.8. The summed E-state index contributed by atoms with van der Waals surface area (Å²) >= 11 is 0. The maximum absolute atomic E-state index is 12.2. The lowest BCUT2D eigenvalue weighted by molar-refractivity contribution is -0.870. The predicted octanol–water partition coefficient (Wildman–Crippen LogP) is 4.93. The molecule has 2 atom stereocenters. The third-order valence-corrected chi connectivity index (χ3v) is 6.31. The Labute approximate surface area is 218 Å². The van der Waals surface area contributed by atoms with Crippen molar-refractivity contribution in [2.24, 2.45) is 0 Å². The molecule has 9 nitrogen and oxygen atoms in total.